The Labute approximate surface area is 131 Å². The zero-order valence-corrected chi connectivity index (χ0v) is 13.7. The second-order valence-electron chi connectivity index (χ2n) is 5.42. The number of hydrogen-bond donors (Lipinski definition) is 2. The molecule has 6 heteroatoms. The molecule has 0 aromatic heterocycles. The van der Waals surface area contributed by atoms with Crippen LogP contribution in [0.5, 0.6) is 0 Å². The van der Waals surface area contributed by atoms with Crippen LogP contribution in [0.1, 0.15) is 20.3 Å². The second-order valence-corrected chi connectivity index (χ2v) is 5.42. The van der Waals surface area contributed by atoms with Crippen LogP contribution in [-0.2, 0) is 14.3 Å². The molecule has 0 radical (unpaired) electrons. The first-order chi connectivity index (χ1) is 10.4. The van der Waals surface area contributed by atoms with E-state index in [2.05, 4.69) is 10.6 Å². The average molecular weight is 307 g/mol. The number of carbonyl (C=O) groups is 2. The van der Waals surface area contributed by atoms with Crippen molar-refractivity contribution in [3.63, 3.8) is 0 Å². The first-order valence-electron chi connectivity index (χ1n) is 7.38. The van der Waals surface area contributed by atoms with Crippen LogP contribution < -0.4 is 15.5 Å². The Bertz CT molecular complexity index is 484. The number of hydrogen-bond acceptors (Lipinski definition) is 4. The van der Waals surface area contributed by atoms with Gasteiger partial charge in [-0.1, -0.05) is 0 Å². The topological polar surface area (TPSA) is 70.7 Å². The lowest BCUT2D eigenvalue weighted by Crippen LogP contribution is -2.36. The van der Waals surface area contributed by atoms with Gasteiger partial charge in [0.2, 0.25) is 0 Å². The van der Waals surface area contributed by atoms with Gasteiger partial charge < -0.3 is 20.3 Å². The first-order valence-corrected chi connectivity index (χ1v) is 7.38. The van der Waals surface area contributed by atoms with Crippen molar-refractivity contribution < 1.29 is 14.3 Å². The van der Waals surface area contributed by atoms with Gasteiger partial charge in [0.1, 0.15) is 0 Å². The van der Waals surface area contributed by atoms with Crippen LogP contribution in [0, 0.1) is 0 Å². The summed E-state index contributed by atoms with van der Waals surface area (Å²) in [5.41, 5.74) is 1.61. The van der Waals surface area contributed by atoms with E-state index in [0.29, 0.717) is 25.3 Å². The van der Waals surface area contributed by atoms with Gasteiger partial charge in [-0.05, 0) is 44.5 Å². The molecule has 0 spiro atoms. The molecule has 0 aliphatic heterocycles. The van der Waals surface area contributed by atoms with Crippen LogP contribution >= 0.6 is 0 Å². The predicted octanol–water partition coefficient (Wildman–Crippen LogP) is 1.62. The zero-order valence-electron chi connectivity index (χ0n) is 13.7. The van der Waals surface area contributed by atoms with Gasteiger partial charge in [-0.25, -0.2) is 0 Å². The number of carbonyl (C=O) groups excluding carboxylic acids is 2. The predicted molar refractivity (Wildman–Crippen MR) is 88.1 cm³/mol. The maximum atomic E-state index is 11.7. The Kier molecular flexibility index (Phi) is 7.39. The molecule has 1 rings (SSSR count). The van der Waals surface area contributed by atoms with E-state index in [1.54, 1.807) is 12.1 Å². The molecule has 0 aliphatic rings. The minimum Gasteiger partial charge on any atom is -0.379 e. The maximum Gasteiger partial charge on any atom is 0.313 e. The highest BCUT2D eigenvalue weighted by Gasteiger charge is 2.12. The highest BCUT2D eigenvalue weighted by Crippen LogP contribution is 2.15. The minimum atomic E-state index is -0.664. The van der Waals surface area contributed by atoms with Crippen molar-refractivity contribution in [1.82, 2.24) is 5.32 Å². The molecule has 0 unspecified atom stereocenters. The van der Waals surface area contributed by atoms with Gasteiger partial charge >= 0.3 is 11.8 Å². The highest BCUT2D eigenvalue weighted by molar-refractivity contribution is 6.39. The number of ether oxygens (including phenoxy) is 1. The van der Waals surface area contributed by atoms with Gasteiger partial charge in [-0.3, -0.25) is 9.59 Å². The van der Waals surface area contributed by atoms with E-state index in [4.69, 9.17) is 4.74 Å². The van der Waals surface area contributed by atoms with Crippen LogP contribution in [0.2, 0.25) is 0 Å². The minimum absolute atomic E-state index is 0.170. The molecule has 0 saturated heterocycles. The number of rotatable bonds is 7. The van der Waals surface area contributed by atoms with Crippen molar-refractivity contribution in [2.45, 2.75) is 26.4 Å². The molecule has 122 valence electrons. The molecule has 0 saturated carbocycles. The third kappa shape index (κ3) is 6.58. The van der Waals surface area contributed by atoms with Crippen molar-refractivity contribution in [3.05, 3.63) is 24.3 Å². The van der Waals surface area contributed by atoms with Crippen molar-refractivity contribution in [2.24, 2.45) is 0 Å². The molecular weight excluding hydrogens is 282 g/mol. The molecule has 1 aromatic carbocycles. The van der Waals surface area contributed by atoms with Crippen LogP contribution in [0.25, 0.3) is 0 Å². The number of anilines is 2. The van der Waals surface area contributed by atoms with Gasteiger partial charge in [-0.15, -0.1) is 0 Å². The molecular formula is C16H25N3O3. The Morgan fingerprint density at radius 3 is 2.32 bits per heavy atom. The summed E-state index contributed by atoms with van der Waals surface area (Å²) in [5, 5.41) is 5.13. The van der Waals surface area contributed by atoms with Gasteiger partial charge in [0, 0.05) is 38.6 Å². The molecule has 0 fully saturated rings. The van der Waals surface area contributed by atoms with E-state index in [0.717, 1.165) is 5.69 Å². The SMILES string of the molecule is CC(C)OCCCNC(=O)C(=O)Nc1ccc(N(C)C)cc1. The standard InChI is InChI=1S/C16H25N3O3/c1-12(2)22-11-5-10-17-15(20)16(21)18-13-6-8-14(9-7-13)19(3)4/h6-9,12H,5,10-11H2,1-4H3,(H,17,20)(H,18,21). The van der Waals surface area contributed by atoms with Gasteiger partial charge in [-0.2, -0.15) is 0 Å². The third-order valence-electron chi connectivity index (χ3n) is 2.91. The fourth-order valence-electron chi connectivity index (χ4n) is 1.70. The molecule has 2 N–H and O–H groups in total. The number of nitrogens with zero attached hydrogens (tertiary/aromatic N) is 1. The Morgan fingerprint density at radius 1 is 1.14 bits per heavy atom. The average Bonchev–Trinajstić information content (AvgIpc) is 2.46. The monoisotopic (exact) mass is 307 g/mol. The largest absolute Gasteiger partial charge is 0.379 e. The molecule has 6 nitrogen and oxygen atoms in total. The lowest BCUT2D eigenvalue weighted by molar-refractivity contribution is -0.136. The lowest BCUT2D eigenvalue weighted by Gasteiger charge is -2.13. The molecule has 22 heavy (non-hydrogen) atoms. The van der Waals surface area contributed by atoms with E-state index < -0.39 is 11.8 Å². The number of nitrogens with one attached hydrogen (secondary N) is 2. The quantitative estimate of drug-likeness (QED) is 0.593. The van der Waals surface area contributed by atoms with Crippen molar-refractivity contribution in [3.8, 4) is 0 Å². The maximum absolute atomic E-state index is 11.7. The second kappa shape index (κ2) is 9.04. The van der Waals surface area contributed by atoms with Crippen LogP contribution in [-0.4, -0.2) is 45.2 Å². The van der Waals surface area contributed by atoms with E-state index >= 15 is 0 Å². The summed E-state index contributed by atoms with van der Waals surface area (Å²) in [4.78, 5) is 25.3. The lowest BCUT2D eigenvalue weighted by atomic mass is 10.2. The van der Waals surface area contributed by atoms with Crippen molar-refractivity contribution in [2.75, 3.05) is 37.5 Å². The summed E-state index contributed by atoms with van der Waals surface area (Å²) in [5.74, 6) is -1.30. The molecule has 0 bridgehead atoms. The summed E-state index contributed by atoms with van der Waals surface area (Å²) < 4.78 is 5.35. The zero-order chi connectivity index (χ0) is 16.5. The summed E-state index contributed by atoms with van der Waals surface area (Å²) >= 11 is 0. The Morgan fingerprint density at radius 2 is 1.77 bits per heavy atom. The van der Waals surface area contributed by atoms with Gasteiger partial charge in [0.05, 0.1) is 6.10 Å². The normalized spacial score (nSPS) is 10.4. The number of amides is 2. The van der Waals surface area contributed by atoms with Crippen LogP contribution in [0.3, 0.4) is 0 Å². The Hall–Kier alpha value is -2.08. The summed E-state index contributed by atoms with van der Waals surface area (Å²) in [7, 11) is 3.87. The summed E-state index contributed by atoms with van der Waals surface area (Å²) in [6.45, 7) is 4.88. The van der Waals surface area contributed by atoms with Gasteiger partial charge in [0.25, 0.3) is 0 Å². The first kappa shape index (κ1) is 18.0. The third-order valence-corrected chi connectivity index (χ3v) is 2.91. The molecule has 0 atom stereocenters. The Balaban J connectivity index is 2.33. The molecule has 0 heterocycles. The van der Waals surface area contributed by atoms with Crippen LogP contribution in [0.15, 0.2) is 24.3 Å². The molecule has 0 aliphatic carbocycles. The van der Waals surface area contributed by atoms with E-state index in [1.807, 2.05) is 45.0 Å². The molecule has 2 amide bonds. The van der Waals surface area contributed by atoms with Crippen LogP contribution in [0.4, 0.5) is 11.4 Å². The smallest absolute Gasteiger partial charge is 0.313 e. The number of benzene rings is 1. The van der Waals surface area contributed by atoms with E-state index in [1.165, 1.54) is 0 Å². The van der Waals surface area contributed by atoms with Crippen molar-refractivity contribution in [1.29, 1.82) is 0 Å². The van der Waals surface area contributed by atoms with Gasteiger partial charge in [0.15, 0.2) is 0 Å². The fourth-order valence-corrected chi connectivity index (χ4v) is 1.70. The van der Waals surface area contributed by atoms with E-state index in [9.17, 15) is 9.59 Å². The highest BCUT2D eigenvalue weighted by atomic mass is 16.5. The fraction of sp³-hybridized carbons (Fsp3) is 0.500. The molecule has 1 aromatic rings. The van der Waals surface area contributed by atoms with Crippen molar-refractivity contribution >= 4 is 23.2 Å². The summed E-state index contributed by atoms with van der Waals surface area (Å²) in [6, 6.07) is 7.27. The van der Waals surface area contributed by atoms with E-state index in [-0.39, 0.29) is 6.10 Å². The summed E-state index contributed by atoms with van der Waals surface area (Å²) in [6.07, 6.45) is 0.846.